The van der Waals surface area contributed by atoms with E-state index in [0.29, 0.717) is 29.7 Å². The Morgan fingerprint density at radius 2 is 1.96 bits per heavy atom. The van der Waals surface area contributed by atoms with Crippen LogP contribution in [0.3, 0.4) is 0 Å². The van der Waals surface area contributed by atoms with Crippen molar-refractivity contribution in [1.82, 2.24) is 9.88 Å². The lowest BCUT2D eigenvalue weighted by Crippen LogP contribution is -2.21. The van der Waals surface area contributed by atoms with Gasteiger partial charge < -0.3 is 24.4 Å². The highest BCUT2D eigenvalue weighted by molar-refractivity contribution is 5.92. The number of methoxy groups -OCH3 is 1. The number of carbonyl (C=O) groups excluding carboxylic acids is 1. The number of likely N-dealkylation sites (N-methyl/N-ethyl adjacent to an activating group) is 1. The third-order valence-electron chi connectivity index (χ3n) is 3.48. The Morgan fingerprint density at radius 1 is 1.15 bits per heavy atom. The third kappa shape index (κ3) is 6.25. The van der Waals surface area contributed by atoms with Gasteiger partial charge in [-0.2, -0.15) is 0 Å². The Bertz CT molecular complexity index is 734. The van der Waals surface area contributed by atoms with Gasteiger partial charge in [-0.3, -0.25) is 4.79 Å². The fourth-order valence-corrected chi connectivity index (χ4v) is 2.13. The van der Waals surface area contributed by atoms with Crippen LogP contribution in [0.1, 0.15) is 5.56 Å². The number of hydrogen-bond acceptors (Lipinski definition) is 6. The lowest BCUT2D eigenvalue weighted by Gasteiger charge is -2.12. The van der Waals surface area contributed by atoms with E-state index >= 15 is 0 Å². The summed E-state index contributed by atoms with van der Waals surface area (Å²) in [7, 11) is 5.50. The molecule has 0 saturated heterocycles. The second-order valence-corrected chi connectivity index (χ2v) is 6.03. The van der Waals surface area contributed by atoms with E-state index in [9.17, 15) is 4.79 Å². The number of ether oxygens (including phenoxy) is 3. The molecule has 7 nitrogen and oxygen atoms in total. The summed E-state index contributed by atoms with van der Waals surface area (Å²) in [5.74, 6) is 1.30. The highest BCUT2D eigenvalue weighted by Crippen LogP contribution is 2.27. The van der Waals surface area contributed by atoms with Crippen molar-refractivity contribution in [2.45, 2.75) is 6.92 Å². The van der Waals surface area contributed by atoms with Crippen LogP contribution in [-0.2, 0) is 4.79 Å². The number of anilines is 1. The van der Waals surface area contributed by atoms with Crippen molar-refractivity contribution in [3.63, 3.8) is 0 Å². The first-order valence-electron chi connectivity index (χ1n) is 8.29. The van der Waals surface area contributed by atoms with Gasteiger partial charge >= 0.3 is 0 Å². The van der Waals surface area contributed by atoms with Crippen LogP contribution in [0.4, 0.5) is 5.69 Å². The molecule has 0 saturated carbocycles. The summed E-state index contributed by atoms with van der Waals surface area (Å²) in [6, 6.07) is 8.91. The fourth-order valence-electron chi connectivity index (χ4n) is 2.13. The van der Waals surface area contributed by atoms with Crippen molar-refractivity contribution in [3.05, 3.63) is 42.1 Å². The van der Waals surface area contributed by atoms with Gasteiger partial charge in [-0.05, 0) is 44.8 Å². The summed E-state index contributed by atoms with van der Waals surface area (Å²) in [5, 5.41) is 2.77. The van der Waals surface area contributed by atoms with Gasteiger partial charge in [0, 0.05) is 24.5 Å². The molecular formula is C19H25N3O4. The molecule has 140 valence electrons. The molecule has 26 heavy (non-hydrogen) atoms. The van der Waals surface area contributed by atoms with Gasteiger partial charge in [-0.25, -0.2) is 4.98 Å². The number of carbonyl (C=O) groups is 1. The van der Waals surface area contributed by atoms with Crippen LogP contribution in [0.5, 0.6) is 17.4 Å². The quantitative estimate of drug-likeness (QED) is 0.741. The third-order valence-corrected chi connectivity index (χ3v) is 3.48. The van der Waals surface area contributed by atoms with Gasteiger partial charge in [0.25, 0.3) is 5.91 Å². The number of aryl methyl sites for hydroxylation is 1. The molecule has 0 atom stereocenters. The van der Waals surface area contributed by atoms with E-state index in [-0.39, 0.29) is 12.5 Å². The average molecular weight is 359 g/mol. The summed E-state index contributed by atoms with van der Waals surface area (Å²) in [5.41, 5.74) is 1.65. The molecule has 2 rings (SSSR count). The first kappa shape index (κ1) is 19.5. The summed E-state index contributed by atoms with van der Waals surface area (Å²) in [4.78, 5) is 18.3. The summed E-state index contributed by atoms with van der Waals surface area (Å²) in [6.07, 6.45) is 1.59. The largest absolute Gasteiger partial charge is 0.493 e. The zero-order chi connectivity index (χ0) is 18.9. The van der Waals surface area contributed by atoms with Crippen molar-refractivity contribution >= 4 is 11.6 Å². The average Bonchev–Trinajstić information content (AvgIpc) is 2.60. The molecular weight excluding hydrogens is 334 g/mol. The van der Waals surface area contributed by atoms with E-state index in [1.54, 1.807) is 31.5 Å². The number of nitrogens with one attached hydrogen (secondary N) is 1. The molecule has 1 N–H and O–H groups in total. The second-order valence-electron chi connectivity index (χ2n) is 6.03. The minimum Gasteiger partial charge on any atom is -0.493 e. The van der Waals surface area contributed by atoms with Crippen LogP contribution in [0, 0.1) is 6.92 Å². The molecule has 0 unspecified atom stereocenters. The molecule has 0 fully saturated rings. The SMILES string of the molecule is COc1cc(C)ccc1OCC(=O)Nc1ccnc(OCCN(C)C)c1. The molecule has 0 aliphatic carbocycles. The fraction of sp³-hybridized carbons (Fsp3) is 0.368. The van der Waals surface area contributed by atoms with Crippen LogP contribution < -0.4 is 19.5 Å². The number of pyridine rings is 1. The zero-order valence-corrected chi connectivity index (χ0v) is 15.6. The molecule has 1 amide bonds. The summed E-state index contributed by atoms with van der Waals surface area (Å²) < 4.78 is 16.4. The maximum atomic E-state index is 12.1. The maximum absolute atomic E-state index is 12.1. The highest BCUT2D eigenvalue weighted by atomic mass is 16.5. The van der Waals surface area contributed by atoms with Crippen LogP contribution in [0.25, 0.3) is 0 Å². The summed E-state index contributed by atoms with van der Waals surface area (Å²) in [6.45, 7) is 3.14. The van der Waals surface area contributed by atoms with Gasteiger partial charge in [0.2, 0.25) is 5.88 Å². The van der Waals surface area contributed by atoms with Gasteiger partial charge in [0.15, 0.2) is 18.1 Å². The molecule has 0 aliphatic heterocycles. The predicted molar refractivity (Wildman–Crippen MR) is 100 cm³/mol. The van der Waals surface area contributed by atoms with Crippen molar-refractivity contribution in [2.24, 2.45) is 0 Å². The Morgan fingerprint density at radius 3 is 2.69 bits per heavy atom. The van der Waals surface area contributed by atoms with E-state index in [1.165, 1.54) is 0 Å². The van der Waals surface area contributed by atoms with Crippen molar-refractivity contribution in [2.75, 3.05) is 46.3 Å². The predicted octanol–water partition coefficient (Wildman–Crippen LogP) is 2.36. The zero-order valence-electron chi connectivity index (χ0n) is 15.6. The number of benzene rings is 1. The molecule has 0 aliphatic rings. The van der Waals surface area contributed by atoms with Crippen molar-refractivity contribution < 1.29 is 19.0 Å². The smallest absolute Gasteiger partial charge is 0.262 e. The molecule has 0 radical (unpaired) electrons. The van der Waals surface area contributed by atoms with Crippen LogP contribution in [0.15, 0.2) is 36.5 Å². The molecule has 0 bridgehead atoms. The van der Waals surface area contributed by atoms with Gasteiger partial charge in [-0.15, -0.1) is 0 Å². The van der Waals surface area contributed by atoms with Crippen LogP contribution in [0.2, 0.25) is 0 Å². The van der Waals surface area contributed by atoms with Gasteiger partial charge in [0.05, 0.1) is 7.11 Å². The number of rotatable bonds is 9. The topological polar surface area (TPSA) is 72.9 Å². The number of hydrogen-bond donors (Lipinski definition) is 1. The first-order valence-corrected chi connectivity index (χ1v) is 8.29. The molecule has 1 aromatic heterocycles. The monoisotopic (exact) mass is 359 g/mol. The minimum absolute atomic E-state index is 0.126. The van der Waals surface area contributed by atoms with E-state index in [1.807, 2.05) is 38.1 Å². The van der Waals surface area contributed by atoms with Crippen molar-refractivity contribution in [1.29, 1.82) is 0 Å². The number of aromatic nitrogens is 1. The van der Waals surface area contributed by atoms with E-state index in [2.05, 4.69) is 10.3 Å². The maximum Gasteiger partial charge on any atom is 0.262 e. The Labute approximate surface area is 153 Å². The molecule has 1 heterocycles. The van der Waals surface area contributed by atoms with Gasteiger partial charge in [0.1, 0.15) is 6.61 Å². The molecule has 7 heteroatoms. The van der Waals surface area contributed by atoms with Gasteiger partial charge in [-0.1, -0.05) is 6.07 Å². The Balaban J connectivity index is 1.88. The minimum atomic E-state index is -0.280. The number of nitrogens with zero attached hydrogens (tertiary/aromatic N) is 2. The number of amides is 1. The summed E-state index contributed by atoms with van der Waals surface area (Å²) >= 11 is 0. The van der Waals surface area contributed by atoms with E-state index < -0.39 is 0 Å². The Hall–Kier alpha value is -2.80. The lowest BCUT2D eigenvalue weighted by atomic mass is 10.2. The second kappa shape index (κ2) is 9.62. The van der Waals surface area contributed by atoms with Crippen LogP contribution >= 0.6 is 0 Å². The highest BCUT2D eigenvalue weighted by Gasteiger charge is 2.09. The Kier molecular flexibility index (Phi) is 7.23. The first-order chi connectivity index (χ1) is 12.5. The lowest BCUT2D eigenvalue weighted by molar-refractivity contribution is -0.118. The van der Waals surface area contributed by atoms with E-state index in [4.69, 9.17) is 14.2 Å². The normalized spacial score (nSPS) is 10.5. The molecule has 2 aromatic rings. The van der Waals surface area contributed by atoms with E-state index in [0.717, 1.165) is 12.1 Å². The standard InChI is InChI=1S/C19H25N3O4/c1-14-5-6-16(17(11-14)24-4)26-13-18(23)21-15-7-8-20-19(12-15)25-10-9-22(2)3/h5-8,11-12H,9-10,13H2,1-4H3,(H,20,21,23). The van der Waals surface area contributed by atoms with Crippen molar-refractivity contribution in [3.8, 4) is 17.4 Å². The van der Waals surface area contributed by atoms with Crippen LogP contribution in [-0.4, -0.2) is 56.8 Å². The molecule has 0 spiro atoms. The molecule has 1 aromatic carbocycles.